The highest BCUT2D eigenvalue weighted by atomic mass is 32.2. The van der Waals surface area contributed by atoms with Crippen molar-refractivity contribution in [2.45, 2.75) is 29.9 Å². The van der Waals surface area contributed by atoms with Crippen LogP contribution in [0.25, 0.3) is 10.2 Å². The zero-order valence-corrected chi connectivity index (χ0v) is 10.9. The first kappa shape index (κ1) is 11.6. The van der Waals surface area contributed by atoms with Crippen LogP contribution in [0.1, 0.15) is 20.3 Å². The van der Waals surface area contributed by atoms with Gasteiger partial charge in [-0.15, -0.1) is 11.3 Å². The summed E-state index contributed by atoms with van der Waals surface area (Å²) in [6, 6.07) is 8.11. The number of aromatic nitrogens is 1. The molecule has 1 aromatic heterocycles. The summed E-state index contributed by atoms with van der Waals surface area (Å²) in [5, 5.41) is 0.304. The maximum atomic E-state index is 11.0. The van der Waals surface area contributed by atoms with Gasteiger partial charge in [-0.3, -0.25) is 4.79 Å². The van der Waals surface area contributed by atoms with Crippen LogP contribution in [-0.2, 0) is 4.79 Å². The van der Waals surface area contributed by atoms with Crippen LogP contribution in [0.4, 0.5) is 0 Å². The minimum Gasteiger partial charge on any atom is -0.300 e. The van der Waals surface area contributed by atoms with Crippen LogP contribution < -0.4 is 0 Å². The van der Waals surface area contributed by atoms with Gasteiger partial charge >= 0.3 is 0 Å². The molecule has 1 unspecified atom stereocenters. The first-order valence-corrected chi connectivity index (χ1v) is 6.86. The molecule has 0 spiro atoms. The third-order valence-corrected chi connectivity index (χ3v) is 4.38. The fourth-order valence-electron chi connectivity index (χ4n) is 1.52. The lowest BCUT2D eigenvalue weighted by Gasteiger charge is -2.04. The topological polar surface area (TPSA) is 30.0 Å². The van der Waals surface area contributed by atoms with Gasteiger partial charge in [0.15, 0.2) is 4.34 Å². The van der Waals surface area contributed by atoms with Gasteiger partial charge in [0.05, 0.1) is 10.2 Å². The predicted molar refractivity (Wildman–Crippen MR) is 70.2 cm³/mol. The van der Waals surface area contributed by atoms with Crippen molar-refractivity contribution in [2.75, 3.05) is 0 Å². The van der Waals surface area contributed by atoms with Crippen LogP contribution in [0.2, 0.25) is 0 Å². The Morgan fingerprint density at radius 3 is 2.94 bits per heavy atom. The van der Waals surface area contributed by atoms with E-state index in [9.17, 15) is 4.79 Å². The second kappa shape index (κ2) is 4.97. The molecule has 2 rings (SSSR count). The van der Waals surface area contributed by atoms with Crippen LogP contribution in [0.5, 0.6) is 0 Å². The van der Waals surface area contributed by atoms with E-state index in [1.807, 2.05) is 18.2 Å². The number of ketones is 1. The molecule has 0 aliphatic carbocycles. The van der Waals surface area contributed by atoms with E-state index in [4.69, 9.17) is 0 Å². The van der Waals surface area contributed by atoms with Crippen molar-refractivity contribution in [3.8, 4) is 0 Å². The molecule has 0 amide bonds. The zero-order chi connectivity index (χ0) is 11.5. The number of carbonyl (C=O) groups excluding carboxylic acids is 1. The highest BCUT2D eigenvalue weighted by Gasteiger charge is 2.10. The number of rotatable bonds is 4. The Hall–Kier alpha value is -0.870. The lowest BCUT2D eigenvalue weighted by Crippen LogP contribution is -2.02. The van der Waals surface area contributed by atoms with Crippen molar-refractivity contribution in [3.63, 3.8) is 0 Å². The molecule has 4 heteroatoms. The van der Waals surface area contributed by atoms with Crippen LogP contribution in [0.15, 0.2) is 28.6 Å². The summed E-state index contributed by atoms with van der Waals surface area (Å²) in [5.74, 6) is 0.237. The largest absolute Gasteiger partial charge is 0.300 e. The number of para-hydroxylation sites is 1. The third-order valence-electron chi connectivity index (χ3n) is 2.15. The normalized spacial score (nSPS) is 12.9. The van der Waals surface area contributed by atoms with Crippen molar-refractivity contribution < 1.29 is 4.79 Å². The van der Waals surface area contributed by atoms with E-state index in [0.717, 1.165) is 9.86 Å². The van der Waals surface area contributed by atoms with Crippen LogP contribution in [-0.4, -0.2) is 16.0 Å². The van der Waals surface area contributed by atoms with E-state index in [0.29, 0.717) is 11.7 Å². The number of thioether (sulfide) groups is 1. The molecule has 0 fully saturated rings. The fraction of sp³-hybridized carbons (Fsp3) is 0.333. The van der Waals surface area contributed by atoms with Crippen LogP contribution >= 0.6 is 23.1 Å². The molecular formula is C12H13NOS2. The minimum atomic E-state index is 0.237. The van der Waals surface area contributed by atoms with E-state index >= 15 is 0 Å². The molecule has 84 valence electrons. The number of hydrogen-bond acceptors (Lipinski definition) is 4. The van der Waals surface area contributed by atoms with E-state index in [2.05, 4.69) is 18.0 Å². The molecule has 0 N–H and O–H groups in total. The summed E-state index contributed by atoms with van der Waals surface area (Å²) < 4.78 is 2.26. The van der Waals surface area contributed by atoms with Crippen molar-refractivity contribution in [1.82, 2.24) is 4.98 Å². The molecule has 0 aliphatic heterocycles. The first-order chi connectivity index (χ1) is 7.65. The number of fused-ring (bicyclic) bond motifs is 1. The Bertz CT molecular complexity index is 473. The molecule has 2 nitrogen and oxygen atoms in total. The summed E-state index contributed by atoms with van der Waals surface area (Å²) in [4.78, 5) is 15.5. The third kappa shape index (κ3) is 2.83. The SMILES string of the molecule is CC(=O)CC(C)Sc1nc2ccccc2s1. The van der Waals surface area contributed by atoms with Gasteiger partial charge in [0.25, 0.3) is 0 Å². The van der Waals surface area contributed by atoms with Gasteiger partial charge in [-0.1, -0.05) is 30.8 Å². The van der Waals surface area contributed by atoms with Gasteiger partial charge in [0.2, 0.25) is 0 Å². The van der Waals surface area contributed by atoms with Crippen LogP contribution in [0.3, 0.4) is 0 Å². The van der Waals surface area contributed by atoms with Crippen molar-refractivity contribution in [3.05, 3.63) is 24.3 Å². The molecule has 2 aromatic rings. The quantitative estimate of drug-likeness (QED) is 0.775. The van der Waals surface area contributed by atoms with Gasteiger partial charge in [0, 0.05) is 11.7 Å². The second-order valence-corrected chi connectivity index (χ2v) is 6.50. The lowest BCUT2D eigenvalue weighted by molar-refractivity contribution is -0.116. The summed E-state index contributed by atoms with van der Waals surface area (Å²) >= 11 is 3.38. The van der Waals surface area contributed by atoms with E-state index in [1.54, 1.807) is 30.0 Å². The highest BCUT2D eigenvalue weighted by molar-refractivity contribution is 8.01. The smallest absolute Gasteiger partial charge is 0.151 e. The number of carbonyl (C=O) groups is 1. The molecule has 1 heterocycles. The predicted octanol–water partition coefficient (Wildman–Crippen LogP) is 3.76. The number of thiazole rings is 1. The summed E-state index contributed by atoms with van der Waals surface area (Å²) in [5.41, 5.74) is 1.05. The minimum absolute atomic E-state index is 0.237. The van der Waals surface area contributed by atoms with E-state index < -0.39 is 0 Å². The second-order valence-electron chi connectivity index (χ2n) is 3.78. The average Bonchev–Trinajstić information content (AvgIpc) is 2.57. The Kier molecular flexibility index (Phi) is 3.61. The molecule has 1 aromatic carbocycles. The van der Waals surface area contributed by atoms with Gasteiger partial charge in [0.1, 0.15) is 5.78 Å². The maximum Gasteiger partial charge on any atom is 0.151 e. The molecule has 0 saturated carbocycles. The van der Waals surface area contributed by atoms with Gasteiger partial charge in [-0.05, 0) is 19.1 Å². The maximum absolute atomic E-state index is 11.0. The van der Waals surface area contributed by atoms with Crippen molar-refractivity contribution in [1.29, 1.82) is 0 Å². The van der Waals surface area contributed by atoms with Gasteiger partial charge < -0.3 is 0 Å². The Morgan fingerprint density at radius 1 is 1.50 bits per heavy atom. The Balaban J connectivity index is 2.12. The summed E-state index contributed by atoms with van der Waals surface area (Å²) in [6.07, 6.45) is 0.612. The van der Waals surface area contributed by atoms with Gasteiger partial charge in [-0.2, -0.15) is 0 Å². The fourth-order valence-corrected chi connectivity index (χ4v) is 3.98. The Labute approximate surface area is 103 Å². The molecule has 0 bridgehead atoms. The highest BCUT2D eigenvalue weighted by Crippen LogP contribution is 2.32. The first-order valence-electron chi connectivity index (χ1n) is 5.17. The van der Waals surface area contributed by atoms with E-state index in [-0.39, 0.29) is 5.78 Å². The molecule has 16 heavy (non-hydrogen) atoms. The standard InChI is InChI=1S/C12H13NOS2/c1-8(14)7-9(2)15-12-13-10-5-3-4-6-11(10)16-12/h3-6,9H,7H2,1-2H3. The summed E-state index contributed by atoms with van der Waals surface area (Å²) in [7, 11) is 0. The number of hydrogen-bond donors (Lipinski definition) is 0. The molecule has 0 saturated heterocycles. The number of Topliss-reactive ketones (excluding diaryl/α,β-unsaturated/α-hetero) is 1. The molecule has 0 aliphatic rings. The number of nitrogens with zero attached hydrogens (tertiary/aromatic N) is 1. The van der Waals surface area contributed by atoms with Gasteiger partial charge in [-0.25, -0.2) is 4.98 Å². The molecular weight excluding hydrogens is 238 g/mol. The van der Waals surface area contributed by atoms with Crippen molar-refractivity contribution >= 4 is 39.1 Å². The molecule has 0 radical (unpaired) electrons. The molecule has 1 atom stereocenters. The van der Waals surface area contributed by atoms with E-state index in [1.165, 1.54) is 4.70 Å². The Morgan fingerprint density at radius 2 is 2.25 bits per heavy atom. The zero-order valence-electron chi connectivity index (χ0n) is 9.27. The monoisotopic (exact) mass is 251 g/mol. The summed E-state index contributed by atoms with van der Waals surface area (Å²) in [6.45, 7) is 3.70. The van der Waals surface area contributed by atoms with Crippen LogP contribution in [0, 0.1) is 0 Å². The van der Waals surface area contributed by atoms with Crippen molar-refractivity contribution in [2.24, 2.45) is 0 Å². The average molecular weight is 251 g/mol. The lowest BCUT2D eigenvalue weighted by atomic mass is 10.2. The number of benzene rings is 1.